The first-order chi connectivity index (χ1) is 5.74. The quantitative estimate of drug-likeness (QED) is 0.509. The average Bonchev–Trinajstić information content (AvgIpc) is 1.82. The summed E-state index contributed by atoms with van der Waals surface area (Å²) in [5.41, 5.74) is 1.03. The van der Waals surface area contributed by atoms with Crippen LogP contribution < -0.4 is 9.79 Å². The second-order valence-electron chi connectivity index (χ2n) is 3.81. The van der Waals surface area contributed by atoms with E-state index in [1.54, 1.807) is 6.08 Å². The monoisotopic (exact) mass is 204 g/mol. The molecule has 0 bridgehead atoms. The smallest absolute Gasteiger partial charge is 0.00665 e. The lowest BCUT2D eigenvalue weighted by atomic mass is 9.93. The van der Waals surface area contributed by atoms with Crippen LogP contribution in [0.2, 0.25) is 0 Å². The maximum atomic E-state index is 10.4. The van der Waals surface area contributed by atoms with E-state index in [1.165, 1.54) is 0 Å². The van der Waals surface area contributed by atoms with E-state index < -0.39 is 7.60 Å². The zero-order valence-corrected chi connectivity index (χ0v) is 9.51. The minimum Gasteiger partial charge on any atom is -0.811 e. The van der Waals surface area contributed by atoms with E-state index in [0.717, 1.165) is 5.57 Å². The fourth-order valence-corrected chi connectivity index (χ4v) is 1.79. The number of allylic oxidation sites excluding steroid dienone is 2. The maximum Gasteiger partial charge on any atom is -0.00665 e. The van der Waals surface area contributed by atoms with Gasteiger partial charge in [0.15, 0.2) is 0 Å². The predicted molar refractivity (Wildman–Crippen MR) is 50.2 cm³/mol. The van der Waals surface area contributed by atoms with Gasteiger partial charge in [-0.25, -0.2) is 0 Å². The lowest BCUT2D eigenvalue weighted by Crippen LogP contribution is -2.16. The van der Waals surface area contributed by atoms with E-state index in [9.17, 15) is 14.4 Å². The van der Waals surface area contributed by atoms with Crippen LogP contribution in [0, 0.1) is 11.8 Å². The van der Waals surface area contributed by atoms with Crippen LogP contribution in [-0.2, 0) is 4.57 Å². The Balaban J connectivity index is 4.48. The first-order valence-corrected chi connectivity index (χ1v) is 6.18. The number of hydrogen-bond donors (Lipinski definition) is 0. The highest BCUT2D eigenvalue weighted by atomic mass is 31.2. The van der Waals surface area contributed by atoms with Crippen LogP contribution in [0.1, 0.15) is 27.7 Å². The third-order valence-electron chi connectivity index (χ3n) is 1.88. The molecule has 4 heteroatoms. The topological polar surface area (TPSA) is 63.2 Å². The standard InChI is InChI=1S/C9H19O3P/c1-7(2)9(8(3)4)5-6-13(10,11)12/h5,7-8H,6H2,1-4H3,(H2,10,11,12)/p-2. The molecule has 0 saturated heterocycles. The summed E-state index contributed by atoms with van der Waals surface area (Å²) in [6.45, 7) is 7.97. The molecule has 0 saturated carbocycles. The molecule has 0 amide bonds. The van der Waals surface area contributed by atoms with Crippen molar-refractivity contribution in [1.82, 2.24) is 0 Å². The third-order valence-corrected chi connectivity index (χ3v) is 2.51. The molecule has 0 radical (unpaired) electrons. The van der Waals surface area contributed by atoms with E-state index in [0.29, 0.717) is 11.8 Å². The molecule has 0 aromatic heterocycles. The van der Waals surface area contributed by atoms with Gasteiger partial charge in [0.25, 0.3) is 0 Å². The van der Waals surface area contributed by atoms with E-state index in [-0.39, 0.29) is 6.16 Å². The van der Waals surface area contributed by atoms with E-state index in [1.807, 2.05) is 27.7 Å². The summed E-state index contributed by atoms with van der Waals surface area (Å²) in [6.07, 6.45) is 1.19. The van der Waals surface area contributed by atoms with Gasteiger partial charge in [-0.15, -0.1) is 0 Å². The lowest BCUT2D eigenvalue weighted by molar-refractivity contribution is -0.312. The van der Waals surface area contributed by atoms with Gasteiger partial charge in [0.05, 0.1) is 0 Å². The van der Waals surface area contributed by atoms with E-state index >= 15 is 0 Å². The Morgan fingerprint density at radius 3 is 1.85 bits per heavy atom. The molecule has 0 atom stereocenters. The fraction of sp³-hybridized carbons (Fsp3) is 0.778. The molecule has 0 aliphatic carbocycles. The van der Waals surface area contributed by atoms with Crippen LogP contribution in [0.25, 0.3) is 0 Å². The SMILES string of the molecule is CC(C)C(=CCP(=O)([O-])[O-])C(C)C. The van der Waals surface area contributed by atoms with Gasteiger partial charge in [0.1, 0.15) is 0 Å². The molecule has 0 fully saturated rings. The van der Waals surface area contributed by atoms with Gasteiger partial charge < -0.3 is 14.4 Å². The molecule has 78 valence electrons. The summed E-state index contributed by atoms with van der Waals surface area (Å²) in [5, 5.41) is 0. The highest BCUT2D eigenvalue weighted by Crippen LogP contribution is 2.26. The molecule has 0 unspecified atom stereocenters. The second-order valence-corrected chi connectivity index (χ2v) is 5.39. The van der Waals surface area contributed by atoms with Crippen molar-refractivity contribution in [2.75, 3.05) is 6.16 Å². The molecule has 0 heterocycles. The highest BCUT2D eigenvalue weighted by Gasteiger charge is 2.07. The van der Waals surface area contributed by atoms with E-state index in [4.69, 9.17) is 0 Å². The molecule has 13 heavy (non-hydrogen) atoms. The van der Waals surface area contributed by atoms with Crippen LogP contribution in [-0.4, -0.2) is 6.16 Å². The van der Waals surface area contributed by atoms with Crippen molar-refractivity contribution < 1.29 is 14.4 Å². The molecule has 0 spiro atoms. The van der Waals surface area contributed by atoms with Crippen molar-refractivity contribution >= 4 is 7.60 Å². The molecular weight excluding hydrogens is 187 g/mol. The summed E-state index contributed by atoms with van der Waals surface area (Å²) < 4.78 is 10.4. The number of rotatable bonds is 4. The minimum atomic E-state index is -4.38. The first-order valence-electron chi connectivity index (χ1n) is 4.45. The fourth-order valence-electron chi connectivity index (χ4n) is 1.36. The van der Waals surface area contributed by atoms with Crippen molar-refractivity contribution in [1.29, 1.82) is 0 Å². The molecular formula is C9H17O3P-2. The Kier molecular flexibility index (Phi) is 4.90. The average molecular weight is 204 g/mol. The summed E-state index contributed by atoms with van der Waals surface area (Å²) in [5.74, 6) is 0.595. The summed E-state index contributed by atoms with van der Waals surface area (Å²) in [7, 11) is -4.38. The Morgan fingerprint density at radius 2 is 1.62 bits per heavy atom. The van der Waals surface area contributed by atoms with Gasteiger partial charge in [-0.3, -0.25) is 0 Å². The Labute approximate surface area is 80.0 Å². The number of hydrogen-bond acceptors (Lipinski definition) is 3. The predicted octanol–water partition coefficient (Wildman–Crippen LogP) is 1.14. The molecule has 0 aromatic rings. The van der Waals surface area contributed by atoms with Gasteiger partial charge in [0.2, 0.25) is 0 Å². The second kappa shape index (κ2) is 4.94. The Morgan fingerprint density at radius 1 is 1.23 bits per heavy atom. The lowest BCUT2D eigenvalue weighted by Gasteiger charge is -2.29. The minimum absolute atomic E-state index is 0.298. The van der Waals surface area contributed by atoms with Crippen LogP contribution in [0.4, 0.5) is 0 Å². The summed E-state index contributed by atoms with van der Waals surface area (Å²) >= 11 is 0. The van der Waals surface area contributed by atoms with Crippen LogP contribution in [0.15, 0.2) is 11.6 Å². The van der Waals surface area contributed by atoms with Crippen molar-refractivity contribution in [3.05, 3.63) is 11.6 Å². The van der Waals surface area contributed by atoms with Crippen LogP contribution >= 0.6 is 7.60 Å². The molecule has 0 aliphatic rings. The normalized spacial score (nSPS) is 12.3. The van der Waals surface area contributed by atoms with Crippen molar-refractivity contribution in [3.63, 3.8) is 0 Å². The third kappa shape index (κ3) is 6.03. The molecule has 0 aliphatic heterocycles. The zero-order valence-electron chi connectivity index (χ0n) is 8.61. The molecule has 0 aromatic carbocycles. The van der Waals surface area contributed by atoms with Crippen LogP contribution in [0.5, 0.6) is 0 Å². The molecule has 0 N–H and O–H groups in total. The largest absolute Gasteiger partial charge is 0.811 e. The van der Waals surface area contributed by atoms with Gasteiger partial charge >= 0.3 is 0 Å². The van der Waals surface area contributed by atoms with E-state index in [2.05, 4.69) is 0 Å². The highest BCUT2D eigenvalue weighted by molar-refractivity contribution is 7.48. The maximum absolute atomic E-state index is 10.4. The summed E-state index contributed by atoms with van der Waals surface area (Å²) in [6, 6.07) is 0. The Bertz CT molecular complexity index is 215. The van der Waals surface area contributed by atoms with Gasteiger partial charge in [0, 0.05) is 0 Å². The van der Waals surface area contributed by atoms with Crippen molar-refractivity contribution in [2.45, 2.75) is 27.7 Å². The van der Waals surface area contributed by atoms with Crippen molar-refractivity contribution in [3.8, 4) is 0 Å². The first kappa shape index (κ1) is 12.9. The molecule has 3 nitrogen and oxygen atoms in total. The molecule has 0 rings (SSSR count). The van der Waals surface area contributed by atoms with Gasteiger partial charge in [-0.2, -0.15) is 0 Å². The summed E-state index contributed by atoms with van der Waals surface area (Å²) in [4.78, 5) is 20.8. The van der Waals surface area contributed by atoms with Gasteiger partial charge in [-0.05, 0) is 18.0 Å². The van der Waals surface area contributed by atoms with Crippen LogP contribution in [0.3, 0.4) is 0 Å². The van der Waals surface area contributed by atoms with Gasteiger partial charge in [-0.1, -0.05) is 46.9 Å². The Hall–Kier alpha value is -0.110. The zero-order chi connectivity index (χ0) is 10.6. The van der Waals surface area contributed by atoms with Crippen molar-refractivity contribution in [2.24, 2.45) is 11.8 Å².